The fraction of sp³-hybridized carbons (Fsp3) is 0.556. The second-order valence-corrected chi connectivity index (χ2v) is 8.87. The van der Waals surface area contributed by atoms with Gasteiger partial charge in [0.25, 0.3) is 0 Å². The number of amides is 3. The number of benzene rings is 1. The number of imide groups is 1. The zero-order valence-electron chi connectivity index (χ0n) is 15.3. The Hall–Kier alpha value is -1.97. The molecule has 1 saturated carbocycles. The smallest absolute Gasteiger partial charge is 0.321 e. The molecule has 0 aromatic heterocycles. The molecule has 8 nitrogen and oxygen atoms in total. The molecule has 1 aromatic carbocycles. The molecule has 1 aliphatic heterocycles. The van der Waals surface area contributed by atoms with Gasteiger partial charge in [-0.3, -0.25) is 15.0 Å². The molecule has 0 unspecified atom stereocenters. The lowest BCUT2D eigenvalue weighted by Crippen LogP contribution is -2.53. The van der Waals surface area contributed by atoms with Gasteiger partial charge in [0.05, 0.1) is 10.9 Å². The minimum absolute atomic E-state index is 0.167. The molecule has 3 amide bonds. The molecule has 2 fully saturated rings. The highest BCUT2D eigenvalue weighted by atomic mass is 32.2. The van der Waals surface area contributed by atoms with Gasteiger partial charge in [0.1, 0.15) is 0 Å². The van der Waals surface area contributed by atoms with Crippen LogP contribution >= 0.6 is 0 Å². The molecular weight excluding hydrogens is 368 g/mol. The fourth-order valence-electron chi connectivity index (χ4n) is 3.12. The first-order valence-electron chi connectivity index (χ1n) is 9.28. The zero-order chi connectivity index (χ0) is 19.4. The van der Waals surface area contributed by atoms with Crippen molar-refractivity contribution in [2.45, 2.75) is 55.6 Å². The molecule has 9 heteroatoms. The predicted molar refractivity (Wildman–Crippen MR) is 101 cm³/mol. The van der Waals surface area contributed by atoms with Crippen molar-refractivity contribution in [1.29, 1.82) is 0 Å². The number of sulfonamides is 1. The number of piperidine rings is 1. The Kier molecular flexibility index (Phi) is 6.13. The summed E-state index contributed by atoms with van der Waals surface area (Å²) >= 11 is 0. The van der Waals surface area contributed by atoms with E-state index in [-0.39, 0.29) is 22.9 Å². The first-order valence-corrected chi connectivity index (χ1v) is 10.8. The van der Waals surface area contributed by atoms with Crippen LogP contribution in [0.5, 0.6) is 0 Å². The molecule has 3 N–H and O–H groups in total. The van der Waals surface area contributed by atoms with Crippen LogP contribution in [0.2, 0.25) is 0 Å². The van der Waals surface area contributed by atoms with Crippen molar-refractivity contribution in [2.24, 2.45) is 0 Å². The molecule has 2 aliphatic rings. The van der Waals surface area contributed by atoms with Gasteiger partial charge in [-0.25, -0.2) is 17.9 Å². The quantitative estimate of drug-likeness (QED) is 0.662. The van der Waals surface area contributed by atoms with Crippen LogP contribution < -0.4 is 15.4 Å². The first-order chi connectivity index (χ1) is 12.8. The number of urea groups is 1. The van der Waals surface area contributed by atoms with Crippen molar-refractivity contribution in [3.8, 4) is 0 Å². The Labute approximate surface area is 159 Å². The summed E-state index contributed by atoms with van der Waals surface area (Å²) in [5, 5.41) is 5.10. The zero-order valence-corrected chi connectivity index (χ0v) is 16.2. The Morgan fingerprint density at radius 2 is 1.67 bits per heavy atom. The van der Waals surface area contributed by atoms with Crippen LogP contribution in [-0.2, 0) is 14.8 Å². The predicted octanol–water partition coefficient (Wildman–Crippen LogP) is 0.806. The van der Waals surface area contributed by atoms with Crippen LogP contribution in [-0.4, -0.2) is 56.5 Å². The summed E-state index contributed by atoms with van der Waals surface area (Å²) in [6, 6.07) is 7.43. The van der Waals surface area contributed by atoms with E-state index in [0.29, 0.717) is 25.9 Å². The van der Waals surface area contributed by atoms with E-state index in [4.69, 9.17) is 0 Å². The van der Waals surface area contributed by atoms with E-state index in [1.54, 1.807) is 37.3 Å². The second kappa shape index (κ2) is 8.37. The number of carbonyl (C=O) groups excluding carboxylic acids is 2. The summed E-state index contributed by atoms with van der Waals surface area (Å²) in [6.07, 6.45) is 3.14. The average molecular weight is 394 g/mol. The molecule has 3 rings (SSSR count). The van der Waals surface area contributed by atoms with Gasteiger partial charge in [-0.05, 0) is 44.7 Å². The third-order valence-corrected chi connectivity index (χ3v) is 6.52. The first kappa shape index (κ1) is 19.8. The molecule has 0 spiro atoms. The van der Waals surface area contributed by atoms with Gasteiger partial charge in [0.2, 0.25) is 15.9 Å². The van der Waals surface area contributed by atoms with Gasteiger partial charge >= 0.3 is 6.03 Å². The molecule has 1 saturated heterocycles. The molecule has 1 atom stereocenters. The van der Waals surface area contributed by atoms with E-state index in [2.05, 4.69) is 15.4 Å². The monoisotopic (exact) mass is 394 g/mol. The largest absolute Gasteiger partial charge is 0.335 e. The molecule has 1 aromatic rings. The standard InChI is InChI=1S/C18H26N4O4S/c1-13(17(23)20-18(24)19-14-7-8-14)22-11-9-15(10-12-22)21-27(25,26)16-5-3-2-4-6-16/h2-6,13-15,21H,7-12H2,1H3,(H2,19,20,23,24)/t13-/m1/s1. The highest BCUT2D eigenvalue weighted by Gasteiger charge is 2.30. The van der Waals surface area contributed by atoms with Crippen LogP contribution in [0.3, 0.4) is 0 Å². The third-order valence-electron chi connectivity index (χ3n) is 4.98. The van der Waals surface area contributed by atoms with Crippen LogP contribution in [0, 0.1) is 0 Å². The molecule has 148 valence electrons. The van der Waals surface area contributed by atoms with Crippen LogP contribution in [0.4, 0.5) is 4.79 Å². The minimum atomic E-state index is -3.54. The normalized spacial score (nSPS) is 20.0. The Morgan fingerprint density at radius 3 is 2.26 bits per heavy atom. The van der Waals surface area contributed by atoms with Crippen molar-refractivity contribution in [3.05, 3.63) is 30.3 Å². The number of hydrogen-bond acceptors (Lipinski definition) is 5. The fourth-order valence-corrected chi connectivity index (χ4v) is 4.45. The van der Waals surface area contributed by atoms with Gasteiger partial charge in [0.15, 0.2) is 0 Å². The lowest BCUT2D eigenvalue weighted by Gasteiger charge is -2.35. The molecular formula is C18H26N4O4S. The second-order valence-electron chi connectivity index (χ2n) is 7.16. The minimum Gasteiger partial charge on any atom is -0.335 e. The number of carbonyl (C=O) groups is 2. The SMILES string of the molecule is C[C@H](C(=O)NC(=O)NC1CC1)N1CCC(NS(=O)(=O)c2ccccc2)CC1. The topological polar surface area (TPSA) is 108 Å². The molecule has 0 bridgehead atoms. The lowest BCUT2D eigenvalue weighted by molar-refractivity contribution is -0.125. The Bertz CT molecular complexity index is 772. The van der Waals surface area contributed by atoms with E-state index in [0.717, 1.165) is 12.8 Å². The highest BCUT2D eigenvalue weighted by Crippen LogP contribution is 2.19. The Balaban J connectivity index is 1.46. The van der Waals surface area contributed by atoms with E-state index >= 15 is 0 Å². The molecule has 0 radical (unpaired) electrons. The van der Waals surface area contributed by atoms with E-state index in [1.165, 1.54) is 0 Å². The maximum Gasteiger partial charge on any atom is 0.321 e. The van der Waals surface area contributed by atoms with Crippen molar-refractivity contribution < 1.29 is 18.0 Å². The number of hydrogen-bond donors (Lipinski definition) is 3. The van der Waals surface area contributed by atoms with Crippen molar-refractivity contribution in [3.63, 3.8) is 0 Å². The molecule has 27 heavy (non-hydrogen) atoms. The summed E-state index contributed by atoms with van der Waals surface area (Å²) in [5.74, 6) is -0.337. The average Bonchev–Trinajstić information content (AvgIpc) is 3.46. The number of nitrogens with zero attached hydrogens (tertiary/aromatic N) is 1. The highest BCUT2D eigenvalue weighted by molar-refractivity contribution is 7.89. The van der Waals surface area contributed by atoms with Crippen LogP contribution in [0.1, 0.15) is 32.6 Å². The molecule has 1 heterocycles. The van der Waals surface area contributed by atoms with Gasteiger partial charge in [-0.2, -0.15) is 0 Å². The van der Waals surface area contributed by atoms with Crippen molar-refractivity contribution in [2.75, 3.05) is 13.1 Å². The number of nitrogens with one attached hydrogen (secondary N) is 3. The van der Waals surface area contributed by atoms with Gasteiger partial charge in [0, 0.05) is 25.2 Å². The van der Waals surface area contributed by atoms with E-state index < -0.39 is 22.1 Å². The van der Waals surface area contributed by atoms with Crippen molar-refractivity contribution >= 4 is 22.0 Å². The van der Waals surface area contributed by atoms with E-state index in [9.17, 15) is 18.0 Å². The maximum absolute atomic E-state index is 12.4. The Morgan fingerprint density at radius 1 is 1.04 bits per heavy atom. The maximum atomic E-state index is 12.4. The lowest BCUT2D eigenvalue weighted by atomic mass is 10.0. The number of likely N-dealkylation sites (tertiary alicyclic amines) is 1. The van der Waals surface area contributed by atoms with Gasteiger partial charge in [-0.15, -0.1) is 0 Å². The van der Waals surface area contributed by atoms with Crippen LogP contribution in [0.15, 0.2) is 35.2 Å². The summed E-state index contributed by atoms with van der Waals surface area (Å²) in [4.78, 5) is 26.1. The summed E-state index contributed by atoms with van der Waals surface area (Å²) in [7, 11) is -3.54. The third kappa shape index (κ3) is 5.50. The summed E-state index contributed by atoms with van der Waals surface area (Å²) in [5.41, 5.74) is 0. The van der Waals surface area contributed by atoms with Crippen LogP contribution in [0.25, 0.3) is 0 Å². The summed E-state index contributed by atoms with van der Waals surface area (Å²) < 4.78 is 27.6. The molecule has 1 aliphatic carbocycles. The van der Waals surface area contributed by atoms with E-state index in [1.807, 2.05) is 4.90 Å². The van der Waals surface area contributed by atoms with Gasteiger partial charge in [-0.1, -0.05) is 18.2 Å². The number of rotatable bonds is 6. The van der Waals surface area contributed by atoms with Gasteiger partial charge < -0.3 is 5.32 Å². The summed E-state index contributed by atoms with van der Waals surface area (Å²) in [6.45, 7) is 2.93. The van der Waals surface area contributed by atoms with Crippen molar-refractivity contribution in [1.82, 2.24) is 20.3 Å².